The summed E-state index contributed by atoms with van der Waals surface area (Å²) in [6.45, 7) is 2.49. The Morgan fingerprint density at radius 1 is 1.32 bits per heavy atom. The van der Waals surface area contributed by atoms with Gasteiger partial charge in [0, 0.05) is 17.3 Å². The first-order valence-electron chi connectivity index (χ1n) is 7.77. The van der Waals surface area contributed by atoms with E-state index in [1.54, 1.807) is 53.0 Å². The highest BCUT2D eigenvalue weighted by molar-refractivity contribution is 5.94. The Bertz CT molecular complexity index is 781. The molecule has 1 atom stereocenters. The summed E-state index contributed by atoms with van der Waals surface area (Å²) >= 11 is 0. The standard InChI is InChI=1S/C17H18N4O4/c1-11-10-25-14-8-12(16(22)20-24)5-6-13(14)9-21(11)17(23)19-15-4-2-3-7-18-15/h2-8,11,24H,9-10H2,1H3,(H,20,22)(H,18,19,23). The quantitative estimate of drug-likeness (QED) is 0.572. The lowest BCUT2D eigenvalue weighted by Gasteiger charge is -2.26. The first-order valence-corrected chi connectivity index (χ1v) is 7.77. The normalized spacial score (nSPS) is 16.2. The first kappa shape index (κ1) is 16.7. The van der Waals surface area contributed by atoms with Crippen molar-refractivity contribution in [2.45, 2.75) is 19.5 Å². The summed E-state index contributed by atoms with van der Waals surface area (Å²) in [7, 11) is 0. The maximum Gasteiger partial charge on any atom is 0.323 e. The van der Waals surface area contributed by atoms with Crippen LogP contribution in [0.4, 0.5) is 10.6 Å². The molecule has 1 aliphatic heterocycles. The van der Waals surface area contributed by atoms with Crippen LogP contribution in [0.15, 0.2) is 42.6 Å². The maximum absolute atomic E-state index is 12.6. The summed E-state index contributed by atoms with van der Waals surface area (Å²) in [5.74, 6) is 0.370. The minimum Gasteiger partial charge on any atom is -0.491 e. The number of benzene rings is 1. The largest absolute Gasteiger partial charge is 0.491 e. The van der Waals surface area contributed by atoms with E-state index in [1.807, 2.05) is 6.92 Å². The fourth-order valence-electron chi connectivity index (χ4n) is 2.56. The Labute approximate surface area is 144 Å². The Hall–Kier alpha value is -3.13. The molecule has 8 nitrogen and oxygen atoms in total. The smallest absolute Gasteiger partial charge is 0.323 e. The zero-order chi connectivity index (χ0) is 17.8. The lowest BCUT2D eigenvalue weighted by Crippen LogP contribution is -2.42. The van der Waals surface area contributed by atoms with Gasteiger partial charge in [0.1, 0.15) is 18.2 Å². The van der Waals surface area contributed by atoms with E-state index in [-0.39, 0.29) is 24.2 Å². The molecular weight excluding hydrogens is 324 g/mol. The third-order valence-corrected chi connectivity index (χ3v) is 3.94. The van der Waals surface area contributed by atoms with Crippen LogP contribution in [0.2, 0.25) is 0 Å². The molecule has 1 aliphatic rings. The summed E-state index contributed by atoms with van der Waals surface area (Å²) in [5.41, 5.74) is 2.64. The Kier molecular flexibility index (Phi) is 4.80. The highest BCUT2D eigenvalue weighted by Crippen LogP contribution is 2.27. The van der Waals surface area contributed by atoms with Crippen LogP contribution in [-0.2, 0) is 6.54 Å². The topological polar surface area (TPSA) is 104 Å². The first-order chi connectivity index (χ1) is 12.1. The predicted molar refractivity (Wildman–Crippen MR) is 89.5 cm³/mol. The number of hydrogen-bond donors (Lipinski definition) is 3. The molecular formula is C17H18N4O4. The summed E-state index contributed by atoms with van der Waals surface area (Å²) in [6, 6.07) is 9.65. The fraction of sp³-hybridized carbons (Fsp3) is 0.235. The van der Waals surface area contributed by atoms with Crippen molar-refractivity contribution in [1.29, 1.82) is 0 Å². The van der Waals surface area contributed by atoms with Gasteiger partial charge in [-0.3, -0.25) is 15.3 Å². The van der Waals surface area contributed by atoms with Crippen molar-refractivity contribution in [2.75, 3.05) is 11.9 Å². The molecule has 3 N–H and O–H groups in total. The van der Waals surface area contributed by atoms with Gasteiger partial charge >= 0.3 is 6.03 Å². The summed E-state index contributed by atoms with van der Waals surface area (Å²) in [4.78, 5) is 29.8. The summed E-state index contributed by atoms with van der Waals surface area (Å²) in [6.07, 6.45) is 1.60. The zero-order valence-electron chi connectivity index (χ0n) is 13.6. The number of rotatable bonds is 2. The van der Waals surface area contributed by atoms with Gasteiger partial charge in [-0.15, -0.1) is 0 Å². The number of carbonyl (C=O) groups is 2. The number of hydrogen-bond acceptors (Lipinski definition) is 5. The lowest BCUT2D eigenvalue weighted by molar-refractivity contribution is 0.0706. The number of carbonyl (C=O) groups excluding carboxylic acids is 2. The van der Waals surface area contributed by atoms with Crippen LogP contribution in [0.1, 0.15) is 22.8 Å². The molecule has 1 aromatic carbocycles. The molecule has 130 valence electrons. The number of nitrogens with zero attached hydrogens (tertiary/aromatic N) is 2. The van der Waals surface area contributed by atoms with Gasteiger partial charge in [-0.25, -0.2) is 15.3 Å². The van der Waals surface area contributed by atoms with Gasteiger partial charge in [0.05, 0.1) is 12.6 Å². The van der Waals surface area contributed by atoms with E-state index >= 15 is 0 Å². The average molecular weight is 342 g/mol. The highest BCUT2D eigenvalue weighted by atomic mass is 16.5. The van der Waals surface area contributed by atoms with Gasteiger partial charge in [0.25, 0.3) is 5.91 Å². The minimum atomic E-state index is -0.617. The van der Waals surface area contributed by atoms with Crippen molar-refractivity contribution in [1.82, 2.24) is 15.4 Å². The van der Waals surface area contributed by atoms with Crippen LogP contribution >= 0.6 is 0 Å². The van der Waals surface area contributed by atoms with E-state index < -0.39 is 5.91 Å². The van der Waals surface area contributed by atoms with Crippen molar-refractivity contribution >= 4 is 17.8 Å². The molecule has 0 spiro atoms. The average Bonchev–Trinajstić information content (AvgIpc) is 2.80. The minimum absolute atomic E-state index is 0.175. The molecule has 2 aromatic rings. The molecule has 0 saturated carbocycles. The third kappa shape index (κ3) is 3.69. The van der Waals surface area contributed by atoms with E-state index in [0.717, 1.165) is 5.56 Å². The van der Waals surface area contributed by atoms with Crippen LogP contribution in [0.25, 0.3) is 0 Å². The molecule has 2 heterocycles. The van der Waals surface area contributed by atoms with Gasteiger partial charge in [0.15, 0.2) is 0 Å². The molecule has 8 heteroatoms. The number of aromatic nitrogens is 1. The second-order valence-electron chi connectivity index (χ2n) is 5.70. The van der Waals surface area contributed by atoms with E-state index in [0.29, 0.717) is 18.1 Å². The van der Waals surface area contributed by atoms with Gasteiger partial charge in [-0.05, 0) is 31.2 Å². The maximum atomic E-state index is 12.6. The van der Waals surface area contributed by atoms with Gasteiger partial charge in [-0.1, -0.05) is 12.1 Å². The second-order valence-corrected chi connectivity index (χ2v) is 5.70. The molecule has 3 amide bonds. The van der Waals surface area contributed by atoms with E-state index in [1.165, 1.54) is 0 Å². The lowest BCUT2D eigenvalue weighted by atomic mass is 10.1. The van der Waals surface area contributed by atoms with Crippen molar-refractivity contribution in [3.8, 4) is 5.75 Å². The summed E-state index contributed by atoms with van der Waals surface area (Å²) < 4.78 is 5.73. The van der Waals surface area contributed by atoms with E-state index in [4.69, 9.17) is 9.94 Å². The highest BCUT2D eigenvalue weighted by Gasteiger charge is 2.26. The van der Waals surface area contributed by atoms with Crippen molar-refractivity contribution < 1.29 is 19.5 Å². The number of urea groups is 1. The number of fused-ring (bicyclic) bond motifs is 1. The van der Waals surface area contributed by atoms with Crippen LogP contribution in [0.3, 0.4) is 0 Å². The Morgan fingerprint density at radius 2 is 2.16 bits per heavy atom. The van der Waals surface area contributed by atoms with Gasteiger partial charge in [0.2, 0.25) is 0 Å². The molecule has 3 rings (SSSR count). The van der Waals surface area contributed by atoms with Crippen LogP contribution < -0.4 is 15.5 Å². The van der Waals surface area contributed by atoms with Crippen molar-refractivity contribution in [3.63, 3.8) is 0 Å². The molecule has 0 saturated heterocycles. The van der Waals surface area contributed by atoms with Crippen molar-refractivity contribution in [2.24, 2.45) is 0 Å². The number of hydroxylamine groups is 1. The molecule has 0 fully saturated rings. The number of ether oxygens (including phenoxy) is 1. The SMILES string of the molecule is CC1COc2cc(C(=O)NO)ccc2CN1C(=O)Nc1ccccn1. The third-order valence-electron chi connectivity index (χ3n) is 3.94. The molecule has 0 bridgehead atoms. The second kappa shape index (κ2) is 7.18. The number of nitrogens with one attached hydrogen (secondary N) is 2. The Morgan fingerprint density at radius 3 is 2.88 bits per heavy atom. The number of amides is 3. The summed E-state index contributed by atoms with van der Waals surface area (Å²) in [5, 5.41) is 11.5. The van der Waals surface area contributed by atoms with E-state index in [9.17, 15) is 9.59 Å². The molecule has 1 aromatic heterocycles. The van der Waals surface area contributed by atoms with Crippen LogP contribution in [0.5, 0.6) is 5.75 Å². The van der Waals surface area contributed by atoms with E-state index in [2.05, 4.69) is 10.3 Å². The Balaban J connectivity index is 1.80. The number of pyridine rings is 1. The number of anilines is 1. The van der Waals surface area contributed by atoms with Crippen LogP contribution in [0, 0.1) is 0 Å². The molecule has 1 unspecified atom stereocenters. The van der Waals surface area contributed by atoms with Gasteiger partial charge < -0.3 is 9.64 Å². The molecule has 25 heavy (non-hydrogen) atoms. The predicted octanol–water partition coefficient (Wildman–Crippen LogP) is 2.02. The van der Waals surface area contributed by atoms with Gasteiger partial charge in [-0.2, -0.15) is 0 Å². The molecule has 0 aliphatic carbocycles. The monoisotopic (exact) mass is 342 g/mol. The van der Waals surface area contributed by atoms with Crippen LogP contribution in [-0.4, -0.2) is 39.7 Å². The molecule has 0 radical (unpaired) electrons. The van der Waals surface area contributed by atoms with Crippen molar-refractivity contribution in [3.05, 3.63) is 53.7 Å². The zero-order valence-corrected chi connectivity index (χ0v) is 13.6. The fourth-order valence-corrected chi connectivity index (χ4v) is 2.56.